The molecule has 0 aromatic carbocycles. The second-order valence-corrected chi connectivity index (χ2v) is 4.29. The number of hydrogen-bond acceptors (Lipinski definition) is 3. The molecule has 0 unspecified atom stereocenters. The standard InChI is InChI=1S/C10H18N4O/c1-7-8(5-12-13-7)9(15)14(4)10(2,3)6-11/h5H,6,11H2,1-4H3,(H,12,13). The van der Waals surface area contributed by atoms with E-state index in [0.717, 1.165) is 5.69 Å². The van der Waals surface area contributed by atoms with Crippen LogP contribution in [0, 0.1) is 6.92 Å². The van der Waals surface area contributed by atoms with Crippen molar-refractivity contribution in [1.29, 1.82) is 0 Å². The number of rotatable bonds is 3. The van der Waals surface area contributed by atoms with Gasteiger partial charge in [0.25, 0.3) is 5.91 Å². The zero-order chi connectivity index (χ0) is 11.6. The molecule has 0 atom stereocenters. The highest BCUT2D eigenvalue weighted by Gasteiger charge is 2.28. The molecule has 1 amide bonds. The second kappa shape index (κ2) is 4.02. The lowest BCUT2D eigenvalue weighted by Gasteiger charge is -2.34. The van der Waals surface area contributed by atoms with E-state index < -0.39 is 0 Å². The Morgan fingerprint density at radius 3 is 2.67 bits per heavy atom. The van der Waals surface area contributed by atoms with Crippen LogP contribution in [0.5, 0.6) is 0 Å². The number of aromatic nitrogens is 2. The third-order valence-electron chi connectivity index (χ3n) is 2.77. The van der Waals surface area contributed by atoms with Gasteiger partial charge in [0.1, 0.15) is 0 Å². The van der Waals surface area contributed by atoms with Crippen LogP contribution in [0.15, 0.2) is 6.20 Å². The maximum absolute atomic E-state index is 12.0. The first-order valence-electron chi connectivity index (χ1n) is 4.88. The van der Waals surface area contributed by atoms with Crippen LogP contribution >= 0.6 is 0 Å². The SMILES string of the molecule is Cc1[nH]ncc1C(=O)N(C)C(C)(C)CN. The highest BCUT2D eigenvalue weighted by molar-refractivity contribution is 5.95. The Balaban J connectivity index is 2.92. The molecule has 84 valence electrons. The number of carbonyl (C=O) groups is 1. The predicted octanol–water partition coefficient (Wildman–Crippen LogP) is 0.527. The van der Waals surface area contributed by atoms with Gasteiger partial charge < -0.3 is 10.6 Å². The summed E-state index contributed by atoms with van der Waals surface area (Å²) in [7, 11) is 1.75. The van der Waals surface area contributed by atoms with E-state index in [1.54, 1.807) is 18.1 Å². The van der Waals surface area contributed by atoms with E-state index in [2.05, 4.69) is 10.2 Å². The molecule has 0 aliphatic rings. The van der Waals surface area contributed by atoms with E-state index in [1.807, 2.05) is 20.8 Å². The van der Waals surface area contributed by atoms with Crippen LogP contribution in [0.2, 0.25) is 0 Å². The van der Waals surface area contributed by atoms with E-state index in [0.29, 0.717) is 12.1 Å². The van der Waals surface area contributed by atoms with Crippen molar-refractivity contribution in [1.82, 2.24) is 15.1 Å². The number of amides is 1. The molecule has 15 heavy (non-hydrogen) atoms. The van der Waals surface area contributed by atoms with Gasteiger partial charge in [0, 0.05) is 24.8 Å². The Labute approximate surface area is 89.6 Å². The highest BCUT2D eigenvalue weighted by atomic mass is 16.2. The Morgan fingerprint density at radius 1 is 1.67 bits per heavy atom. The van der Waals surface area contributed by atoms with Gasteiger partial charge in [0.2, 0.25) is 0 Å². The van der Waals surface area contributed by atoms with Gasteiger partial charge in [0.15, 0.2) is 0 Å². The van der Waals surface area contributed by atoms with Gasteiger partial charge >= 0.3 is 0 Å². The first-order chi connectivity index (χ1) is 6.90. The van der Waals surface area contributed by atoms with Crippen molar-refractivity contribution >= 4 is 5.91 Å². The zero-order valence-electron chi connectivity index (χ0n) is 9.66. The number of nitrogens with one attached hydrogen (secondary N) is 1. The van der Waals surface area contributed by atoms with E-state index in [-0.39, 0.29) is 11.4 Å². The number of hydrogen-bond donors (Lipinski definition) is 2. The average molecular weight is 210 g/mol. The van der Waals surface area contributed by atoms with Gasteiger partial charge in [-0.1, -0.05) is 0 Å². The fourth-order valence-electron chi connectivity index (χ4n) is 1.16. The number of nitrogens with zero attached hydrogens (tertiary/aromatic N) is 2. The normalized spacial score (nSPS) is 11.5. The molecule has 0 saturated heterocycles. The summed E-state index contributed by atoms with van der Waals surface area (Å²) in [6.07, 6.45) is 1.54. The summed E-state index contributed by atoms with van der Waals surface area (Å²) in [5.74, 6) is -0.0586. The molecule has 5 heteroatoms. The quantitative estimate of drug-likeness (QED) is 0.764. The Morgan fingerprint density at radius 2 is 2.27 bits per heavy atom. The van der Waals surface area contributed by atoms with Crippen LogP contribution in [0.3, 0.4) is 0 Å². The van der Waals surface area contributed by atoms with Crippen molar-refractivity contribution in [2.45, 2.75) is 26.3 Å². The third-order valence-corrected chi connectivity index (χ3v) is 2.77. The fraction of sp³-hybridized carbons (Fsp3) is 0.600. The molecule has 0 radical (unpaired) electrons. The molecular weight excluding hydrogens is 192 g/mol. The maximum Gasteiger partial charge on any atom is 0.257 e. The zero-order valence-corrected chi connectivity index (χ0v) is 9.66. The molecule has 1 heterocycles. The van der Waals surface area contributed by atoms with Gasteiger partial charge in [-0.15, -0.1) is 0 Å². The van der Waals surface area contributed by atoms with E-state index in [1.165, 1.54) is 0 Å². The summed E-state index contributed by atoms with van der Waals surface area (Å²) in [5, 5.41) is 6.57. The number of nitrogens with two attached hydrogens (primary N) is 1. The second-order valence-electron chi connectivity index (χ2n) is 4.29. The predicted molar refractivity (Wildman–Crippen MR) is 58.6 cm³/mol. The number of aromatic amines is 1. The first kappa shape index (κ1) is 11.7. The summed E-state index contributed by atoms with van der Waals surface area (Å²) < 4.78 is 0. The molecule has 1 aromatic rings. The van der Waals surface area contributed by atoms with E-state index in [4.69, 9.17) is 5.73 Å². The molecular formula is C10H18N4O. The van der Waals surface area contributed by atoms with Crippen molar-refractivity contribution < 1.29 is 4.79 Å². The van der Waals surface area contributed by atoms with Crippen molar-refractivity contribution in [2.75, 3.05) is 13.6 Å². The Bertz CT molecular complexity index is 356. The van der Waals surface area contributed by atoms with Crippen LogP contribution in [-0.2, 0) is 0 Å². The Hall–Kier alpha value is -1.36. The number of aryl methyl sites for hydroxylation is 1. The van der Waals surface area contributed by atoms with Gasteiger partial charge in [0.05, 0.1) is 11.8 Å². The monoisotopic (exact) mass is 210 g/mol. The minimum Gasteiger partial charge on any atom is -0.335 e. The highest BCUT2D eigenvalue weighted by Crippen LogP contribution is 2.15. The van der Waals surface area contributed by atoms with E-state index in [9.17, 15) is 4.79 Å². The third kappa shape index (κ3) is 2.18. The number of likely N-dealkylation sites (N-methyl/N-ethyl adjacent to an activating group) is 1. The molecule has 0 fully saturated rings. The van der Waals surface area contributed by atoms with Gasteiger partial charge in [-0.05, 0) is 20.8 Å². The molecule has 0 spiro atoms. The first-order valence-corrected chi connectivity index (χ1v) is 4.88. The largest absolute Gasteiger partial charge is 0.335 e. The maximum atomic E-state index is 12.0. The minimum atomic E-state index is -0.346. The average Bonchev–Trinajstić information content (AvgIpc) is 2.62. The lowest BCUT2D eigenvalue weighted by Crippen LogP contribution is -2.50. The summed E-state index contributed by atoms with van der Waals surface area (Å²) >= 11 is 0. The Kier molecular flexibility index (Phi) is 3.14. The number of H-pyrrole nitrogens is 1. The molecule has 3 N–H and O–H groups in total. The molecule has 1 rings (SSSR count). The summed E-state index contributed by atoms with van der Waals surface area (Å²) in [6.45, 7) is 6.11. The van der Waals surface area contributed by atoms with Gasteiger partial charge in [-0.25, -0.2) is 0 Å². The van der Waals surface area contributed by atoms with E-state index >= 15 is 0 Å². The van der Waals surface area contributed by atoms with Crippen molar-refractivity contribution in [3.8, 4) is 0 Å². The van der Waals surface area contributed by atoms with Crippen molar-refractivity contribution in [2.24, 2.45) is 5.73 Å². The van der Waals surface area contributed by atoms with Crippen LogP contribution in [0.25, 0.3) is 0 Å². The van der Waals surface area contributed by atoms with Crippen LogP contribution in [-0.4, -0.2) is 40.1 Å². The van der Waals surface area contributed by atoms with Crippen molar-refractivity contribution in [3.05, 3.63) is 17.5 Å². The molecule has 5 nitrogen and oxygen atoms in total. The summed E-state index contributed by atoms with van der Waals surface area (Å²) in [4.78, 5) is 13.7. The number of carbonyl (C=O) groups excluding carboxylic acids is 1. The molecule has 0 aliphatic heterocycles. The molecule has 1 aromatic heterocycles. The molecule has 0 aliphatic carbocycles. The smallest absolute Gasteiger partial charge is 0.257 e. The van der Waals surface area contributed by atoms with Crippen LogP contribution < -0.4 is 5.73 Å². The topological polar surface area (TPSA) is 75.0 Å². The molecule has 0 bridgehead atoms. The molecule has 0 saturated carbocycles. The fourth-order valence-corrected chi connectivity index (χ4v) is 1.16. The minimum absolute atomic E-state index is 0.0586. The van der Waals surface area contributed by atoms with Crippen LogP contribution in [0.1, 0.15) is 29.9 Å². The van der Waals surface area contributed by atoms with Gasteiger partial charge in [-0.2, -0.15) is 5.10 Å². The summed E-state index contributed by atoms with van der Waals surface area (Å²) in [5.41, 5.74) is 6.65. The lowest BCUT2D eigenvalue weighted by molar-refractivity contribution is 0.0639. The summed E-state index contributed by atoms with van der Waals surface area (Å²) in [6, 6.07) is 0. The van der Waals surface area contributed by atoms with Gasteiger partial charge in [-0.3, -0.25) is 9.89 Å². The lowest BCUT2D eigenvalue weighted by atomic mass is 10.0. The van der Waals surface area contributed by atoms with Crippen LogP contribution in [0.4, 0.5) is 0 Å². The van der Waals surface area contributed by atoms with Crippen molar-refractivity contribution in [3.63, 3.8) is 0 Å².